The van der Waals surface area contributed by atoms with Crippen molar-refractivity contribution in [1.29, 1.82) is 0 Å². The first-order valence-electron chi connectivity index (χ1n) is 8.65. The van der Waals surface area contributed by atoms with E-state index in [2.05, 4.69) is 16.4 Å². The number of carbonyl (C=O) groups is 2. The van der Waals surface area contributed by atoms with E-state index in [1.54, 1.807) is 35.6 Å². The van der Waals surface area contributed by atoms with Crippen LogP contribution in [0.25, 0.3) is 10.2 Å². The number of para-hydroxylation sites is 1. The Morgan fingerprint density at radius 1 is 1.07 bits per heavy atom. The van der Waals surface area contributed by atoms with Gasteiger partial charge in [-0.3, -0.25) is 9.59 Å². The van der Waals surface area contributed by atoms with E-state index in [9.17, 15) is 9.59 Å². The van der Waals surface area contributed by atoms with Crippen LogP contribution >= 0.6 is 22.9 Å². The fourth-order valence-electron chi connectivity index (χ4n) is 2.52. The molecule has 3 aromatic rings. The molecule has 2 aromatic carbocycles. The number of ether oxygens (including phenoxy) is 1. The molecule has 0 aliphatic heterocycles. The van der Waals surface area contributed by atoms with Crippen molar-refractivity contribution in [2.75, 3.05) is 11.9 Å². The number of hydrogen-bond donors (Lipinski definition) is 1. The number of amides is 1. The third-order valence-electron chi connectivity index (χ3n) is 3.85. The highest BCUT2D eigenvalue weighted by atomic mass is 35.5. The van der Waals surface area contributed by atoms with Crippen LogP contribution in [0.15, 0.2) is 48.5 Å². The van der Waals surface area contributed by atoms with Crippen LogP contribution in [0, 0.1) is 0 Å². The maximum Gasteiger partial charge on any atom is 0.306 e. The second kappa shape index (κ2) is 9.48. The average molecular weight is 403 g/mol. The number of hydrogen-bond acceptors (Lipinski definition) is 5. The summed E-state index contributed by atoms with van der Waals surface area (Å²) in [5, 5.41) is 4.31. The Hall–Kier alpha value is -2.44. The van der Waals surface area contributed by atoms with Crippen molar-refractivity contribution in [2.24, 2.45) is 0 Å². The number of aromatic nitrogens is 1. The Bertz CT molecular complexity index is 891. The predicted molar refractivity (Wildman–Crippen MR) is 108 cm³/mol. The molecule has 1 heterocycles. The van der Waals surface area contributed by atoms with Gasteiger partial charge in [0.25, 0.3) is 5.91 Å². The first-order chi connectivity index (χ1) is 13.1. The highest BCUT2D eigenvalue weighted by Crippen LogP contribution is 2.22. The number of halogens is 1. The second-order valence-corrected chi connectivity index (χ2v) is 7.55. The van der Waals surface area contributed by atoms with Crippen LogP contribution in [0.1, 0.15) is 24.3 Å². The molecule has 0 aliphatic rings. The van der Waals surface area contributed by atoms with Gasteiger partial charge in [0.2, 0.25) is 0 Å². The van der Waals surface area contributed by atoms with E-state index in [4.69, 9.17) is 16.3 Å². The van der Waals surface area contributed by atoms with Gasteiger partial charge in [-0.05, 0) is 55.7 Å². The maximum absolute atomic E-state index is 11.8. The van der Waals surface area contributed by atoms with Gasteiger partial charge in [0.15, 0.2) is 6.61 Å². The molecule has 0 spiro atoms. The molecule has 0 aliphatic carbocycles. The molecule has 0 atom stereocenters. The number of nitrogens with one attached hydrogen (secondary N) is 1. The smallest absolute Gasteiger partial charge is 0.306 e. The van der Waals surface area contributed by atoms with Crippen LogP contribution in [0.5, 0.6) is 0 Å². The minimum absolute atomic E-state index is 0.291. The fourth-order valence-corrected chi connectivity index (χ4v) is 3.66. The summed E-state index contributed by atoms with van der Waals surface area (Å²) in [4.78, 5) is 28.1. The number of esters is 1. The lowest BCUT2D eigenvalue weighted by Crippen LogP contribution is -2.20. The molecule has 5 nitrogen and oxygen atoms in total. The van der Waals surface area contributed by atoms with E-state index in [1.807, 2.05) is 18.2 Å². The zero-order valence-electron chi connectivity index (χ0n) is 14.6. The van der Waals surface area contributed by atoms with Gasteiger partial charge in [-0.2, -0.15) is 0 Å². The zero-order chi connectivity index (χ0) is 19.1. The van der Waals surface area contributed by atoms with Crippen molar-refractivity contribution in [3.8, 4) is 0 Å². The molecular weight excluding hydrogens is 384 g/mol. The van der Waals surface area contributed by atoms with Crippen molar-refractivity contribution in [3.63, 3.8) is 0 Å². The Labute approximate surface area is 166 Å². The Morgan fingerprint density at radius 2 is 1.85 bits per heavy atom. The molecule has 27 heavy (non-hydrogen) atoms. The summed E-state index contributed by atoms with van der Waals surface area (Å²) in [7, 11) is 0. The number of benzene rings is 2. The lowest BCUT2D eigenvalue weighted by atomic mass is 10.2. The molecule has 0 saturated heterocycles. The summed E-state index contributed by atoms with van der Waals surface area (Å²) in [6.45, 7) is -0.292. The lowest BCUT2D eigenvalue weighted by molar-refractivity contribution is -0.147. The highest BCUT2D eigenvalue weighted by molar-refractivity contribution is 7.18. The van der Waals surface area contributed by atoms with Gasteiger partial charge in [0, 0.05) is 17.1 Å². The minimum atomic E-state index is -0.375. The van der Waals surface area contributed by atoms with Crippen LogP contribution in [-0.2, 0) is 20.7 Å². The number of nitrogens with zero attached hydrogens (tertiary/aromatic N) is 1. The van der Waals surface area contributed by atoms with Gasteiger partial charge in [-0.1, -0.05) is 23.7 Å². The van der Waals surface area contributed by atoms with Crippen molar-refractivity contribution in [1.82, 2.24) is 4.98 Å². The lowest BCUT2D eigenvalue weighted by Gasteiger charge is -2.06. The number of rotatable bonds is 8. The van der Waals surface area contributed by atoms with Crippen molar-refractivity contribution >= 4 is 50.7 Å². The summed E-state index contributed by atoms with van der Waals surface area (Å²) in [6.07, 6.45) is 2.68. The largest absolute Gasteiger partial charge is 0.456 e. The molecule has 0 saturated carbocycles. The number of anilines is 1. The van der Waals surface area contributed by atoms with Crippen molar-refractivity contribution < 1.29 is 14.3 Å². The molecule has 0 radical (unpaired) electrons. The monoisotopic (exact) mass is 402 g/mol. The first kappa shape index (κ1) is 19.3. The number of unbranched alkanes of at least 4 members (excludes halogenated alkanes) is 1. The molecule has 0 unspecified atom stereocenters. The zero-order valence-corrected chi connectivity index (χ0v) is 16.2. The van der Waals surface area contributed by atoms with Gasteiger partial charge in [-0.15, -0.1) is 11.3 Å². The van der Waals surface area contributed by atoms with Crippen molar-refractivity contribution in [2.45, 2.75) is 25.7 Å². The average Bonchev–Trinajstić information content (AvgIpc) is 3.08. The number of carbonyl (C=O) groups excluding carboxylic acids is 2. The standard InChI is InChI=1S/C20H19ClN2O3S/c21-14-9-11-15(12-10-14)22-18(24)13-26-20(25)8-4-3-7-19-23-16-5-1-2-6-17(16)27-19/h1-2,5-6,9-12H,3-4,7-8,13H2,(H,22,24). The van der Waals surface area contributed by atoms with Crippen LogP contribution in [0.2, 0.25) is 5.02 Å². The third-order valence-corrected chi connectivity index (χ3v) is 5.20. The van der Waals surface area contributed by atoms with E-state index in [0.29, 0.717) is 23.6 Å². The van der Waals surface area contributed by atoms with E-state index in [0.717, 1.165) is 23.4 Å². The number of fused-ring (bicyclic) bond motifs is 1. The van der Waals surface area contributed by atoms with Crippen LogP contribution in [0.4, 0.5) is 5.69 Å². The number of thiazole rings is 1. The van der Waals surface area contributed by atoms with Gasteiger partial charge in [-0.25, -0.2) is 4.98 Å². The van der Waals surface area contributed by atoms with Crippen molar-refractivity contribution in [3.05, 3.63) is 58.6 Å². The summed E-state index contributed by atoms with van der Waals surface area (Å²) in [5.74, 6) is -0.745. The van der Waals surface area contributed by atoms with Gasteiger partial charge in [0.1, 0.15) is 0 Å². The highest BCUT2D eigenvalue weighted by Gasteiger charge is 2.09. The van der Waals surface area contributed by atoms with E-state index < -0.39 is 0 Å². The maximum atomic E-state index is 11.8. The summed E-state index contributed by atoms with van der Waals surface area (Å²) in [6, 6.07) is 14.8. The molecule has 3 rings (SSSR count). The summed E-state index contributed by atoms with van der Waals surface area (Å²) < 4.78 is 6.19. The summed E-state index contributed by atoms with van der Waals surface area (Å²) >= 11 is 7.47. The fraction of sp³-hybridized carbons (Fsp3) is 0.250. The Balaban J connectivity index is 1.32. The molecule has 1 aromatic heterocycles. The Kier molecular flexibility index (Phi) is 6.79. The van der Waals surface area contributed by atoms with Crippen LogP contribution in [0.3, 0.4) is 0 Å². The van der Waals surface area contributed by atoms with E-state index >= 15 is 0 Å². The molecular formula is C20H19ClN2O3S. The summed E-state index contributed by atoms with van der Waals surface area (Å²) in [5.41, 5.74) is 1.62. The van der Waals surface area contributed by atoms with Gasteiger partial charge < -0.3 is 10.1 Å². The van der Waals surface area contributed by atoms with Crippen LogP contribution < -0.4 is 5.32 Å². The molecule has 0 bridgehead atoms. The van der Waals surface area contributed by atoms with Gasteiger partial charge in [0.05, 0.1) is 15.2 Å². The van der Waals surface area contributed by atoms with Gasteiger partial charge >= 0.3 is 5.97 Å². The SMILES string of the molecule is O=C(COC(=O)CCCCc1nc2ccccc2s1)Nc1ccc(Cl)cc1. The molecule has 7 heteroatoms. The second-order valence-electron chi connectivity index (χ2n) is 6.00. The van der Waals surface area contributed by atoms with E-state index in [-0.39, 0.29) is 18.5 Å². The molecule has 140 valence electrons. The van der Waals surface area contributed by atoms with Crippen LogP contribution in [-0.4, -0.2) is 23.5 Å². The Morgan fingerprint density at radius 3 is 2.63 bits per heavy atom. The predicted octanol–water partition coefficient (Wildman–Crippen LogP) is 4.84. The topological polar surface area (TPSA) is 68.3 Å². The normalized spacial score (nSPS) is 10.7. The molecule has 1 amide bonds. The van der Waals surface area contributed by atoms with E-state index in [1.165, 1.54) is 4.70 Å². The first-order valence-corrected chi connectivity index (χ1v) is 9.85. The minimum Gasteiger partial charge on any atom is -0.456 e. The number of aryl methyl sites for hydroxylation is 1. The molecule has 1 N–H and O–H groups in total. The third kappa shape index (κ3) is 6.05. The quantitative estimate of drug-likeness (QED) is 0.432. The molecule has 0 fully saturated rings.